The Bertz CT molecular complexity index is 673. The number of halogens is 2. The molecule has 0 aliphatic heterocycles. The van der Waals surface area contributed by atoms with Crippen LogP contribution < -0.4 is 10.3 Å². The fraction of sp³-hybridized carbons (Fsp3) is 0.214. The van der Waals surface area contributed by atoms with Crippen LogP contribution in [0.25, 0.3) is 11.3 Å². The molecule has 0 bridgehead atoms. The van der Waals surface area contributed by atoms with Crippen LogP contribution >= 0.6 is 22.6 Å². The molecule has 0 saturated carbocycles. The van der Waals surface area contributed by atoms with E-state index in [9.17, 15) is 9.18 Å². The molecular formula is C14H12FINO2Y-. The zero-order chi connectivity index (χ0) is 14.0. The maximum atomic E-state index is 14.1. The number of ether oxygens (including phenoxy) is 1. The molecule has 1 aromatic heterocycles. The van der Waals surface area contributed by atoms with Gasteiger partial charge in [-0.25, -0.2) is 4.39 Å². The predicted octanol–water partition coefficient (Wildman–Crippen LogP) is 2.99. The quantitative estimate of drug-likeness (QED) is 0.521. The van der Waals surface area contributed by atoms with E-state index in [4.69, 9.17) is 4.74 Å². The third kappa shape index (κ3) is 3.68. The monoisotopic (exact) mass is 461 g/mol. The van der Waals surface area contributed by atoms with Crippen LogP contribution in [0.4, 0.5) is 4.39 Å². The summed E-state index contributed by atoms with van der Waals surface area (Å²) in [6, 6.07) is 9.08. The third-order valence-corrected chi connectivity index (χ3v) is 3.46. The Labute approximate surface area is 155 Å². The van der Waals surface area contributed by atoms with Crippen molar-refractivity contribution in [3.05, 3.63) is 50.1 Å². The van der Waals surface area contributed by atoms with E-state index in [2.05, 4.69) is 6.07 Å². The van der Waals surface area contributed by atoms with Crippen molar-refractivity contribution in [1.82, 2.24) is 4.57 Å². The van der Waals surface area contributed by atoms with Crippen LogP contribution in [0.1, 0.15) is 6.92 Å². The van der Waals surface area contributed by atoms with Crippen molar-refractivity contribution < 1.29 is 41.8 Å². The molecule has 1 heterocycles. The number of hydrogen-bond acceptors (Lipinski definition) is 2. The average molecular weight is 461 g/mol. The minimum atomic E-state index is -0.432. The summed E-state index contributed by atoms with van der Waals surface area (Å²) in [5, 5.41) is 0. The Morgan fingerprint density at radius 2 is 2.15 bits per heavy atom. The van der Waals surface area contributed by atoms with Crippen molar-refractivity contribution >= 4 is 22.6 Å². The van der Waals surface area contributed by atoms with Gasteiger partial charge in [0, 0.05) is 45.8 Å². The predicted molar refractivity (Wildman–Crippen MR) is 79.8 cm³/mol. The van der Waals surface area contributed by atoms with Crippen molar-refractivity contribution in [1.29, 1.82) is 0 Å². The third-order valence-electron chi connectivity index (χ3n) is 2.69. The van der Waals surface area contributed by atoms with E-state index < -0.39 is 5.82 Å². The van der Waals surface area contributed by atoms with Gasteiger partial charge in [-0.05, 0) is 16.6 Å². The first-order valence-electron chi connectivity index (χ1n) is 5.74. The first-order valence-corrected chi connectivity index (χ1v) is 6.82. The van der Waals surface area contributed by atoms with E-state index >= 15 is 0 Å². The first kappa shape index (κ1) is 17.8. The number of benzene rings is 1. The standard InChI is InChI=1S/C14H12FINO2.Y/c1-3-19-9-4-5-10(11(15)8-9)13-7-6-12(16)14(18)17(13)2;/h4-6,8H,3H2,1-2H3;/q-1;. The van der Waals surface area contributed by atoms with Crippen LogP contribution in [0.5, 0.6) is 5.75 Å². The number of pyridine rings is 1. The Hall–Kier alpha value is -0.266. The topological polar surface area (TPSA) is 31.2 Å². The molecule has 0 unspecified atom stereocenters. The Kier molecular flexibility index (Phi) is 6.81. The molecule has 20 heavy (non-hydrogen) atoms. The summed E-state index contributed by atoms with van der Waals surface area (Å²) >= 11 is 1.93. The maximum absolute atomic E-state index is 14.1. The van der Waals surface area contributed by atoms with Gasteiger partial charge >= 0.3 is 0 Å². The molecule has 0 saturated heterocycles. The summed E-state index contributed by atoms with van der Waals surface area (Å²) in [4.78, 5) is 11.8. The summed E-state index contributed by atoms with van der Waals surface area (Å²) in [6.45, 7) is 2.31. The van der Waals surface area contributed by atoms with Crippen LogP contribution in [0, 0.1) is 15.5 Å². The summed E-state index contributed by atoms with van der Waals surface area (Å²) in [5.74, 6) is 0.0395. The van der Waals surface area contributed by atoms with Crippen LogP contribution in [0.3, 0.4) is 0 Å². The van der Waals surface area contributed by atoms with Crippen LogP contribution in [-0.2, 0) is 39.8 Å². The van der Waals surface area contributed by atoms with Crippen molar-refractivity contribution in [2.75, 3.05) is 6.61 Å². The van der Waals surface area contributed by atoms with Gasteiger partial charge in [0.25, 0.3) is 0 Å². The number of nitrogens with zero attached hydrogens (tertiary/aromatic N) is 1. The van der Waals surface area contributed by atoms with E-state index in [-0.39, 0.29) is 38.3 Å². The molecule has 0 atom stereocenters. The Morgan fingerprint density at radius 1 is 1.45 bits per heavy atom. The number of aromatic nitrogens is 1. The Balaban J connectivity index is 0.00000200. The van der Waals surface area contributed by atoms with Gasteiger partial charge in [0.05, 0.1) is 12.4 Å². The molecule has 0 aliphatic carbocycles. The second kappa shape index (κ2) is 7.66. The molecule has 0 spiro atoms. The molecule has 3 nitrogen and oxygen atoms in total. The van der Waals surface area contributed by atoms with E-state index in [1.165, 1.54) is 10.6 Å². The van der Waals surface area contributed by atoms with Gasteiger partial charge < -0.3 is 9.30 Å². The second-order valence-corrected chi connectivity index (χ2v) is 5.09. The largest absolute Gasteiger partial charge is 0.494 e. The van der Waals surface area contributed by atoms with Crippen molar-refractivity contribution in [2.24, 2.45) is 7.05 Å². The van der Waals surface area contributed by atoms with Crippen LogP contribution in [0.2, 0.25) is 0 Å². The number of hydrogen-bond donors (Lipinski definition) is 0. The summed E-state index contributed by atoms with van der Waals surface area (Å²) < 4.78 is 21.2. The molecule has 103 valence electrons. The zero-order valence-electron chi connectivity index (χ0n) is 11.1. The van der Waals surface area contributed by atoms with E-state index in [0.29, 0.717) is 27.2 Å². The van der Waals surface area contributed by atoms with Gasteiger partial charge in [0.2, 0.25) is 5.56 Å². The first-order chi connectivity index (χ1) is 9.04. The summed E-state index contributed by atoms with van der Waals surface area (Å²) in [7, 11) is 1.60. The maximum Gasteiger partial charge on any atom is 0.207 e. The van der Waals surface area contributed by atoms with Crippen LogP contribution in [-0.4, -0.2) is 11.2 Å². The molecule has 1 aromatic carbocycles. The van der Waals surface area contributed by atoms with Gasteiger partial charge in [-0.1, -0.05) is 11.3 Å². The average Bonchev–Trinajstić information content (AvgIpc) is 2.38. The van der Waals surface area contributed by atoms with Gasteiger partial charge in [-0.15, -0.1) is 28.7 Å². The van der Waals surface area contributed by atoms with Gasteiger partial charge in [-0.2, -0.15) is 12.1 Å². The molecule has 2 rings (SSSR count). The van der Waals surface area contributed by atoms with Crippen molar-refractivity contribution in [3.63, 3.8) is 0 Å². The van der Waals surface area contributed by atoms with E-state index in [1.54, 1.807) is 25.2 Å². The molecule has 0 fully saturated rings. The molecule has 0 N–H and O–H groups in total. The minimum Gasteiger partial charge on any atom is -0.494 e. The smallest absolute Gasteiger partial charge is 0.207 e. The number of rotatable bonds is 3. The van der Waals surface area contributed by atoms with E-state index in [0.717, 1.165) is 0 Å². The SMILES string of the molecule is CCOc1ccc(-c2[c-]cc(I)c(=O)n2C)c(F)c1.[Y]. The van der Waals surface area contributed by atoms with Gasteiger partial charge in [0.15, 0.2) is 0 Å². The zero-order valence-corrected chi connectivity index (χ0v) is 16.1. The Morgan fingerprint density at radius 3 is 2.75 bits per heavy atom. The molecule has 2 aromatic rings. The molecule has 1 radical (unpaired) electrons. The molecule has 0 aliphatic rings. The fourth-order valence-corrected chi connectivity index (χ4v) is 2.27. The van der Waals surface area contributed by atoms with Gasteiger partial charge in [0.1, 0.15) is 5.75 Å². The minimum absolute atomic E-state index is 0. The van der Waals surface area contributed by atoms with E-state index in [1.807, 2.05) is 29.5 Å². The van der Waals surface area contributed by atoms with Crippen molar-refractivity contribution in [3.8, 4) is 17.0 Å². The summed E-state index contributed by atoms with van der Waals surface area (Å²) in [5.41, 5.74) is 0.591. The molecular weight excluding hydrogens is 449 g/mol. The normalized spacial score (nSPS) is 10.0. The van der Waals surface area contributed by atoms with Crippen molar-refractivity contribution in [2.45, 2.75) is 6.92 Å². The van der Waals surface area contributed by atoms with Crippen LogP contribution in [0.15, 0.2) is 29.1 Å². The molecule has 0 amide bonds. The fourth-order valence-electron chi connectivity index (χ4n) is 1.75. The summed E-state index contributed by atoms with van der Waals surface area (Å²) in [6.07, 6.45) is 0. The molecule has 6 heteroatoms. The van der Waals surface area contributed by atoms with Gasteiger partial charge in [-0.3, -0.25) is 4.79 Å². The second-order valence-electron chi connectivity index (χ2n) is 3.92.